The third-order valence-corrected chi connectivity index (χ3v) is 6.34. The average Bonchev–Trinajstić information content (AvgIpc) is 2.69. The molecule has 0 unspecified atom stereocenters. The van der Waals surface area contributed by atoms with Gasteiger partial charge in [-0.05, 0) is 36.4 Å². The molecule has 0 aliphatic heterocycles. The molecule has 0 aromatic heterocycles. The van der Waals surface area contributed by atoms with Crippen molar-refractivity contribution >= 4 is 56.6 Å². The third-order valence-electron chi connectivity index (χ3n) is 3.39. The zero-order valence-electron chi connectivity index (χ0n) is 14.6. The van der Waals surface area contributed by atoms with Gasteiger partial charge < -0.3 is 20.8 Å². The molecule has 0 heterocycles. The van der Waals surface area contributed by atoms with Gasteiger partial charge >= 0.3 is 0 Å². The monoisotopic (exact) mass is 460 g/mol. The van der Waals surface area contributed by atoms with Crippen molar-refractivity contribution < 1.29 is 19.8 Å². The molecule has 150 valence electrons. The van der Waals surface area contributed by atoms with Crippen LogP contribution in [-0.2, 0) is 0 Å². The molecular formula is C18H18Cl2N2O4S2. The minimum absolute atomic E-state index is 0.134. The summed E-state index contributed by atoms with van der Waals surface area (Å²) in [5, 5.41) is 23.8. The molecule has 0 aliphatic carbocycles. The Morgan fingerprint density at radius 3 is 1.54 bits per heavy atom. The number of carbonyl (C=O) groups is 2. The predicted molar refractivity (Wildman–Crippen MR) is 113 cm³/mol. The highest BCUT2D eigenvalue weighted by Gasteiger charge is 2.16. The van der Waals surface area contributed by atoms with Gasteiger partial charge in [0.2, 0.25) is 0 Å². The quantitative estimate of drug-likeness (QED) is 0.428. The zero-order valence-corrected chi connectivity index (χ0v) is 17.7. The molecule has 0 bridgehead atoms. The van der Waals surface area contributed by atoms with Crippen molar-refractivity contribution in [1.82, 2.24) is 10.6 Å². The van der Waals surface area contributed by atoms with Crippen LogP contribution in [0.5, 0.6) is 0 Å². The fraction of sp³-hybridized carbons (Fsp3) is 0.222. The molecule has 28 heavy (non-hydrogen) atoms. The number of carbonyl (C=O) groups excluding carboxylic acids is 2. The molecule has 0 radical (unpaired) electrons. The lowest BCUT2D eigenvalue weighted by molar-refractivity contribution is 0.0934. The Morgan fingerprint density at radius 1 is 0.786 bits per heavy atom. The maximum Gasteiger partial charge on any atom is 0.252 e. The summed E-state index contributed by atoms with van der Waals surface area (Å²) >= 11 is 12.0. The van der Waals surface area contributed by atoms with E-state index in [1.807, 2.05) is 0 Å². The Balaban J connectivity index is 2.22. The van der Waals surface area contributed by atoms with Crippen LogP contribution in [0.4, 0.5) is 0 Å². The first-order valence-electron chi connectivity index (χ1n) is 8.18. The molecule has 2 aromatic carbocycles. The van der Waals surface area contributed by atoms with E-state index in [9.17, 15) is 9.59 Å². The van der Waals surface area contributed by atoms with E-state index in [0.717, 1.165) is 0 Å². The van der Waals surface area contributed by atoms with E-state index < -0.39 is 0 Å². The summed E-state index contributed by atoms with van der Waals surface area (Å²) in [7, 11) is 2.59. The van der Waals surface area contributed by atoms with E-state index >= 15 is 0 Å². The molecule has 0 atom stereocenters. The smallest absolute Gasteiger partial charge is 0.252 e. The summed E-state index contributed by atoms with van der Waals surface area (Å²) in [5.41, 5.74) is 0.748. The molecule has 4 N–H and O–H groups in total. The van der Waals surface area contributed by atoms with E-state index in [1.54, 1.807) is 36.4 Å². The number of nitrogens with one attached hydrogen (secondary N) is 2. The lowest BCUT2D eigenvalue weighted by atomic mass is 10.2. The van der Waals surface area contributed by atoms with Gasteiger partial charge in [-0.3, -0.25) is 9.59 Å². The van der Waals surface area contributed by atoms with Gasteiger partial charge in [0, 0.05) is 32.9 Å². The van der Waals surface area contributed by atoms with Crippen LogP contribution < -0.4 is 10.6 Å². The molecule has 6 nitrogen and oxygen atoms in total. The van der Waals surface area contributed by atoms with E-state index in [-0.39, 0.29) is 38.1 Å². The van der Waals surface area contributed by atoms with Gasteiger partial charge in [-0.2, -0.15) is 0 Å². The largest absolute Gasteiger partial charge is 0.395 e. The topological polar surface area (TPSA) is 98.7 Å². The second kappa shape index (κ2) is 11.5. The summed E-state index contributed by atoms with van der Waals surface area (Å²) in [6.07, 6.45) is 0. The number of hydrogen-bond acceptors (Lipinski definition) is 6. The van der Waals surface area contributed by atoms with Crippen molar-refractivity contribution in [2.75, 3.05) is 26.3 Å². The maximum absolute atomic E-state index is 12.3. The van der Waals surface area contributed by atoms with Crippen molar-refractivity contribution in [3.05, 3.63) is 57.6 Å². The lowest BCUT2D eigenvalue weighted by Crippen LogP contribution is -2.27. The van der Waals surface area contributed by atoms with Gasteiger partial charge in [0.05, 0.1) is 24.3 Å². The lowest BCUT2D eigenvalue weighted by Gasteiger charge is -2.12. The number of halogens is 2. The molecule has 0 aliphatic rings. The van der Waals surface area contributed by atoms with Crippen LogP contribution in [0.25, 0.3) is 0 Å². The number of hydrogen-bond donors (Lipinski definition) is 4. The summed E-state index contributed by atoms with van der Waals surface area (Å²) in [5.74, 6) is -0.701. The number of amides is 2. The number of benzene rings is 2. The Labute approximate surface area is 180 Å². The van der Waals surface area contributed by atoms with Crippen LogP contribution in [0, 0.1) is 0 Å². The summed E-state index contributed by atoms with van der Waals surface area (Å²) in [4.78, 5) is 25.9. The molecule has 10 heteroatoms. The van der Waals surface area contributed by atoms with Gasteiger partial charge in [-0.25, -0.2) is 0 Å². The van der Waals surface area contributed by atoms with E-state index in [2.05, 4.69) is 10.6 Å². The van der Waals surface area contributed by atoms with E-state index in [4.69, 9.17) is 33.4 Å². The number of aliphatic hydroxyl groups is 2. The van der Waals surface area contributed by atoms with Crippen molar-refractivity contribution in [2.45, 2.75) is 9.79 Å². The van der Waals surface area contributed by atoms with Crippen LogP contribution in [0.3, 0.4) is 0 Å². The van der Waals surface area contributed by atoms with Gasteiger partial charge in [0.25, 0.3) is 11.8 Å². The highest BCUT2D eigenvalue weighted by Crippen LogP contribution is 2.41. The first kappa shape index (κ1) is 22.9. The average molecular weight is 461 g/mol. The molecule has 0 spiro atoms. The summed E-state index contributed by atoms with van der Waals surface area (Å²) < 4.78 is 0. The molecule has 0 fully saturated rings. The van der Waals surface area contributed by atoms with Gasteiger partial charge in [-0.1, -0.05) is 44.8 Å². The molecule has 2 aromatic rings. The van der Waals surface area contributed by atoms with Crippen molar-refractivity contribution in [1.29, 1.82) is 0 Å². The van der Waals surface area contributed by atoms with Crippen LogP contribution >= 0.6 is 44.8 Å². The SMILES string of the molecule is O=C(NCCO)c1cc(Cl)ccc1SSc1ccc(Cl)cc1C(=O)NCCO. The van der Waals surface area contributed by atoms with E-state index in [1.165, 1.54) is 21.6 Å². The Morgan fingerprint density at radius 2 is 1.18 bits per heavy atom. The minimum Gasteiger partial charge on any atom is -0.395 e. The van der Waals surface area contributed by atoms with Crippen LogP contribution in [0.15, 0.2) is 46.2 Å². The molecule has 2 amide bonds. The fourth-order valence-corrected chi connectivity index (χ4v) is 4.79. The van der Waals surface area contributed by atoms with E-state index in [0.29, 0.717) is 31.0 Å². The van der Waals surface area contributed by atoms with Gasteiger partial charge in [0.15, 0.2) is 0 Å². The fourth-order valence-electron chi connectivity index (χ4n) is 2.12. The van der Waals surface area contributed by atoms with Crippen molar-refractivity contribution in [3.8, 4) is 0 Å². The first-order chi connectivity index (χ1) is 13.5. The van der Waals surface area contributed by atoms with Crippen LogP contribution in [0.1, 0.15) is 20.7 Å². The highest BCUT2D eigenvalue weighted by molar-refractivity contribution is 8.76. The van der Waals surface area contributed by atoms with Crippen LogP contribution in [-0.4, -0.2) is 48.3 Å². The van der Waals surface area contributed by atoms with Gasteiger partial charge in [-0.15, -0.1) is 0 Å². The minimum atomic E-state index is -0.350. The summed E-state index contributed by atoms with van der Waals surface area (Å²) in [6.45, 7) is -0.0643. The molecule has 0 saturated carbocycles. The predicted octanol–water partition coefficient (Wildman–Crippen LogP) is 3.24. The summed E-state index contributed by atoms with van der Waals surface area (Å²) in [6, 6.07) is 9.88. The standard InChI is InChI=1S/C18H18Cl2N2O4S2/c19-11-1-3-15(13(9-11)17(25)21-5-7-23)27-28-16-4-2-12(20)10-14(16)18(26)22-6-8-24/h1-4,9-10,23-24H,5-8H2,(H,21,25)(H,22,26). The maximum atomic E-state index is 12.3. The second-order valence-electron chi connectivity index (χ2n) is 5.41. The van der Waals surface area contributed by atoms with Crippen molar-refractivity contribution in [2.24, 2.45) is 0 Å². The Hall–Kier alpha value is -1.42. The number of rotatable bonds is 9. The normalized spacial score (nSPS) is 10.6. The van der Waals surface area contributed by atoms with Crippen molar-refractivity contribution in [3.63, 3.8) is 0 Å². The Kier molecular flexibility index (Phi) is 9.43. The number of aliphatic hydroxyl groups excluding tert-OH is 2. The van der Waals surface area contributed by atoms with Crippen LogP contribution in [0.2, 0.25) is 10.0 Å². The molecule has 0 saturated heterocycles. The van der Waals surface area contributed by atoms with Gasteiger partial charge in [0.1, 0.15) is 0 Å². The highest BCUT2D eigenvalue weighted by atomic mass is 35.5. The first-order valence-corrected chi connectivity index (χ1v) is 11.1. The zero-order chi connectivity index (χ0) is 20.5. The third kappa shape index (κ3) is 6.58. The molecule has 2 rings (SSSR count). The second-order valence-corrected chi connectivity index (χ2v) is 8.49. The molecular weight excluding hydrogens is 443 g/mol. The Bertz CT molecular complexity index is 783.